The van der Waals surface area contributed by atoms with Crippen LogP contribution in [0.5, 0.6) is 5.75 Å². The summed E-state index contributed by atoms with van der Waals surface area (Å²) in [7, 11) is 3.20. The van der Waals surface area contributed by atoms with Crippen LogP contribution in [-0.4, -0.2) is 58.6 Å². The first kappa shape index (κ1) is 20.5. The molecule has 29 heavy (non-hydrogen) atoms. The fraction of sp³-hybridized carbons (Fsp3) is 0.286. The van der Waals surface area contributed by atoms with E-state index in [1.54, 1.807) is 48.5 Å². The van der Waals surface area contributed by atoms with Crippen molar-refractivity contribution >= 4 is 5.91 Å². The van der Waals surface area contributed by atoms with Gasteiger partial charge in [0.05, 0.1) is 18.9 Å². The van der Waals surface area contributed by atoms with Crippen molar-refractivity contribution < 1.29 is 19.0 Å². The predicted molar refractivity (Wildman–Crippen MR) is 106 cm³/mol. The van der Waals surface area contributed by atoms with E-state index < -0.39 is 0 Å². The van der Waals surface area contributed by atoms with E-state index >= 15 is 0 Å². The van der Waals surface area contributed by atoms with Crippen LogP contribution in [0.25, 0.3) is 11.3 Å². The first-order valence-electron chi connectivity index (χ1n) is 9.19. The van der Waals surface area contributed by atoms with Gasteiger partial charge < -0.3 is 14.7 Å². The van der Waals surface area contributed by atoms with E-state index in [1.165, 1.54) is 19.2 Å². The maximum absolute atomic E-state index is 13.2. The number of H-pyrrole nitrogens is 1. The number of likely N-dealkylation sites (N-methyl/N-ethyl adjacent to an activating group) is 1. The standard InChI is InChI=1S/C21H23FN4O3/c1-26(13-16(9-10-27)14-3-6-17(22)7-4-14)21(28)18-11-15(5-8-20(18)29-2)19-12-23-25-24-19/h3-8,11-12,16,27H,9-10,13H2,1-2H3,(H,23,24,25). The summed E-state index contributed by atoms with van der Waals surface area (Å²) in [6.45, 7) is 0.331. The number of aromatic nitrogens is 3. The summed E-state index contributed by atoms with van der Waals surface area (Å²) in [5, 5.41) is 19.8. The summed E-state index contributed by atoms with van der Waals surface area (Å²) < 4.78 is 18.6. The molecule has 0 saturated carbocycles. The minimum absolute atomic E-state index is 0.0327. The Bertz CT molecular complexity index is 945. The Balaban J connectivity index is 1.84. The van der Waals surface area contributed by atoms with Gasteiger partial charge in [0.2, 0.25) is 0 Å². The van der Waals surface area contributed by atoms with Crippen molar-refractivity contribution in [3.05, 3.63) is 65.6 Å². The lowest BCUT2D eigenvalue weighted by Gasteiger charge is -2.25. The van der Waals surface area contributed by atoms with Gasteiger partial charge in [0.15, 0.2) is 0 Å². The largest absolute Gasteiger partial charge is 0.496 e. The average Bonchev–Trinajstić information content (AvgIpc) is 3.28. The van der Waals surface area contributed by atoms with E-state index in [9.17, 15) is 14.3 Å². The topological polar surface area (TPSA) is 91.3 Å². The molecule has 1 unspecified atom stereocenters. The molecule has 0 aliphatic rings. The lowest BCUT2D eigenvalue weighted by atomic mass is 9.95. The highest BCUT2D eigenvalue weighted by Gasteiger charge is 2.22. The molecule has 0 spiro atoms. The van der Waals surface area contributed by atoms with Gasteiger partial charge in [-0.05, 0) is 42.3 Å². The highest BCUT2D eigenvalue weighted by Crippen LogP contribution is 2.27. The van der Waals surface area contributed by atoms with Crippen LogP contribution in [0.3, 0.4) is 0 Å². The smallest absolute Gasteiger partial charge is 0.257 e. The zero-order chi connectivity index (χ0) is 20.8. The summed E-state index contributed by atoms with van der Waals surface area (Å²) in [4.78, 5) is 14.7. The molecule has 0 aliphatic heterocycles. The number of methoxy groups -OCH3 is 1. The number of amides is 1. The predicted octanol–water partition coefficient (Wildman–Crippen LogP) is 2.86. The second-order valence-corrected chi connectivity index (χ2v) is 6.72. The van der Waals surface area contributed by atoms with Gasteiger partial charge in [-0.25, -0.2) is 4.39 Å². The zero-order valence-corrected chi connectivity index (χ0v) is 16.3. The molecule has 0 fully saturated rings. The molecule has 1 amide bonds. The lowest BCUT2D eigenvalue weighted by molar-refractivity contribution is 0.0777. The van der Waals surface area contributed by atoms with Gasteiger partial charge >= 0.3 is 0 Å². The second kappa shape index (κ2) is 9.29. The quantitative estimate of drug-likeness (QED) is 0.609. The number of hydrogen-bond donors (Lipinski definition) is 2. The summed E-state index contributed by atoms with van der Waals surface area (Å²) in [5.74, 6) is -0.221. The number of hydrogen-bond acceptors (Lipinski definition) is 5. The molecule has 7 nitrogen and oxygen atoms in total. The van der Waals surface area contributed by atoms with Crippen LogP contribution in [0, 0.1) is 5.82 Å². The molecule has 1 heterocycles. The summed E-state index contributed by atoms with van der Waals surface area (Å²) in [5.41, 5.74) is 2.62. The van der Waals surface area contributed by atoms with Crippen LogP contribution >= 0.6 is 0 Å². The number of carbonyl (C=O) groups excluding carboxylic acids is 1. The third-order valence-electron chi connectivity index (χ3n) is 4.80. The fourth-order valence-corrected chi connectivity index (χ4v) is 3.25. The van der Waals surface area contributed by atoms with Gasteiger partial charge in [-0.15, -0.1) is 0 Å². The molecule has 8 heteroatoms. The van der Waals surface area contributed by atoms with Crippen molar-refractivity contribution in [3.8, 4) is 17.0 Å². The molecule has 1 atom stereocenters. The van der Waals surface area contributed by atoms with Gasteiger partial charge in [0.1, 0.15) is 17.3 Å². The molecule has 2 N–H and O–H groups in total. The zero-order valence-electron chi connectivity index (χ0n) is 16.3. The van der Waals surface area contributed by atoms with Crippen molar-refractivity contribution in [2.24, 2.45) is 0 Å². The molecule has 0 radical (unpaired) electrons. The number of aromatic amines is 1. The maximum atomic E-state index is 13.2. The van der Waals surface area contributed by atoms with Crippen LogP contribution in [0.4, 0.5) is 4.39 Å². The molecule has 0 bridgehead atoms. The third kappa shape index (κ3) is 4.78. The van der Waals surface area contributed by atoms with Crippen molar-refractivity contribution in [2.75, 3.05) is 27.3 Å². The molecule has 152 valence electrons. The highest BCUT2D eigenvalue weighted by molar-refractivity contribution is 5.98. The number of halogens is 1. The van der Waals surface area contributed by atoms with Crippen LogP contribution in [0.15, 0.2) is 48.7 Å². The van der Waals surface area contributed by atoms with E-state index in [-0.39, 0.29) is 24.2 Å². The van der Waals surface area contributed by atoms with Gasteiger partial charge in [-0.2, -0.15) is 15.4 Å². The highest BCUT2D eigenvalue weighted by atomic mass is 19.1. The minimum atomic E-state index is -0.324. The Labute approximate surface area is 168 Å². The number of aliphatic hydroxyl groups excluding tert-OH is 1. The number of nitrogens with one attached hydrogen (secondary N) is 1. The molecule has 3 rings (SSSR count). The lowest BCUT2D eigenvalue weighted by Crippen LogP contribution is -2.31. The number of carbonyl (C=O) groups is 1. The summed E-state index contributed by atoms with van der Waals surface area (Å²) in [6, 6.07) is 11.4. The van der Waals surface area contributed by atoms with Crippen molar-refractivity contribution in [3.63, 3.8) is 0 Å². The molecule has 1 aromatic heterocycles. The Hall–Kier alpha value is -3.26. The first-order chi connectivity index (χ1) is 14.0. The minimum Gasteiger partial charge on any atom is -0.496 e. The van der Waals surface area contributed by atoms with Crippen molar-refractivity contribution in [1.29, 1.82) is 0 Å². The number of nitrogens with zero attached hydrogens (tertiary/aromatic N) is 3. The van der Waals surface area contributed by atoms with E-state index in [0.29, 0.717) is 30.0 Å². The van der Waals surface area contributed by atoms with E-state index in [4.69, 9.17) is 4.74 Å². The SMILES string of the molecule is COc1ccc(-c2cn[nH]n2)cc1C(=O)N(C)CC(CCO)c1ccc(F)cc1. The van der Waals surface area contributed by atoms with Gasteiger partial charge in [0.25, 0.3) is 5.91 Å². The maximum Gasteiger partial charge on any atom is 0.257 e. The van der Waals surface area contributed by atoms with E-state index in [2.05, 4.69) is 15.4 Å². The van der Waals surface area contributed by atoms with Crippen LogP contribution < -0.4 is 4.74 Å². The number of benzene rings is 2. The average molecular weight is 398 g/mol. The molecule has 2 aromatic carbocycles. The van der Waals surface area contributed by atoms with Crippen LogP contribution in [0.2, 0.25) is 0 Å². The van der Waals surface area contributed by atoms with Gasteiger partial charge in [0, 0.05) is 31.7 Å². The summed E-state index contributed by atoms with van der Waals surface area (Å²) in [6.07, 6.45) is 2.03. The Morgan fingerprint density at radius 3 is 2.66 bits per heavy atom. The van der Waals surface area contributed by atoms with Crippen molar-refractivity contribution in [2.45, 2.75) is 12.3 Å². The second-order valence-electron chi connectivity index (χ2n) is 6.72. The van der Waals surface area contributed by atoms with Crippen molar-refractivity contribution in [1.82, 2.24) is 20.3 Å². The first-order valence-corrected chi connectivity index (χ1v) is 9.19. The van der Waals surface area contributed by atoms with E-state index in [1.807, 2.05) is 0 Å². The third-order valence-corrected chi connectivity index (χ3v) is 4.80. The number of rotatable bonds is 8. The molecular formula is C21H23FN4O3. The van der Waals surface area contributed by atoms with Gasteiger partial charge in [-0.1, -0.05) is 12.1 Å². The van der Waals surface area contributed by atoms with E-state index in [0.717, 1.165) is 11.1 Å². The summed E-state index contributed by atoms with van der Waals surface area (Å²) >= 11 is 0. The Kier molecular flexibility index (Phi) is 6.56. The van der Waals surface area contributed by atoms with Gasteiger partial charge in [-0.3, -0.25) is 4.79 Å². The normalized spacial score (nSPS) is 11.9. The molecule has 0 aliphatic carbocycles. The number of aliphatic hydroxyl groups is 1. The Morgan fingerprint density at radius 1 is 1.28 bits per heavy atom. The molecule has 3 aromatic rings. The van der Waals surface area contributed by atoms with Crippen LogP contribution in [0.1, 0.15) is 28.3 Å². The van der Waals surface area contributed by atoms with Crippen LogP contribution in [-0.2, 0) is 0 Å². The Morgan fingerprint density at radius 2 is 2.03 bits per heavy atom. The fourth-order valence-electron chi connectivity index (χ4n) is 3.25. The molecular weight excluding hydrogens is 375 g/mol. The number of ether oxygens (including phenoxy) is 1. The molecule has 0 saturated heterocycles. The monoisotopic (exact) mass is 398 g/mol.